The van der Waals surface area contributed by atoms with Crippen molar-refractivity contribution >= 4 is 5.97 Å². The number of hydrogen-bond donors (Lipinski definition) is 4. The molecule has 72 valence electrons. The summed E-state index contributed by atoms with van der Waals surface area (Å²) in [5.41, 5.74) is 7.42. The van der Waals surface area contributed by atoms with Gasteiger partial charge in [0.2, 0.25) is 0 Å². The van der Waals surface area contributed by atoms with Crippen molar-refractivity contribution in [1.82, 2.24) is 15.6 Å². The van der Waals surface area contributed by atoms with E-state index in [9.17, 15) is 4.79 Å². The number of H-pyrrole nitrogens is 1. The summed E-state index contributed by atoms with van der Waals surface area (Å²) in [7, 11) is 0. The first-order chi connectivity index (χ1) is 6.24. The molecule has 1 heterocycles. The van der Waals surface area contributed by atoms with Gasteiger partial charge in [0.25, 0.3) is 0 Å². The first-order valence-electron chi connectivity index (χ1n) is 3.56. The zero-order chi connectivity index (χ0) is 9.68. The van der Waals surface area contributed by atoms with Crippen LogP contribution in [0.5, 0.6) is 0 Å². The van der Waals surface area contributed by atoms with E-state index in [1.807, 2.05) is 0 Å². The minimum Gasteiger partial charge on any atom is -0.348 e. The third kappa shape index (κ3) is 2.82. The molecule has 0 spiro atoms. The van der Waals surface area contributed by atoms with Gasteiger partial charge >= 0.3 is 5.97 Å². The predicted molar refractivity (Wildman–Crippen MR) is 41.3 cm³/mol. The highest BCUT2D eigenvalue weighted by Crippen LogP contribution is 1.96. The van der Waals surface area contributed by atoms with Crippen molar-refractivity contribution < 1.29 is 14.8 Å². The Morgan fingerprint density at radius 3 is 3.23 bits per heavy atom. The lowest BCUT2D eigenvalue weighted by molar-refractivity contribution is -0.178. The van der Waals surface area contributed by atoms with Gasteiger partial charge in [-0.25, -0.2) is 9.78 Å². The van der Waals surface area contributed by atoms with Gasteiger partial charge in [-0.2, -0.15) is 0 Å². The molecular formula is C6H10N4O3. The molecule has 1 aromatic heterocycles. The third-order valence-corrected chi connectivity index (χ3v) is 1.44. The molecule has 13 heavy (non-hydrogen) atoms. The number of aromatic amines is 1. The Balaban J connectivity index is 2.41. The fraction of sp³-hybridized carbons (Fsp3) is 0.333. The van der Waals surface area contributed by atoms with E-state index in [0.29, 0.717) is 0 Å². The van der Waals surface area contributed by atoms with Crippen LogP contribution in [-0.4, -0.2) is 27.2 Å². The van der Waals surface area contributed by atoms with Crippen LogP contribution in [0.25, 0.3) is 0 Å². The zero-order valence-electron chi connectivity index (χ0n) is 6.73. The summed E-state index contributed by atoms with van der Waals surface area (Å²) in [5, 5.41) is 8.04. The monoisotopic (exact) mass is 186 g/mol. The van der Waals surface area contributed by atoms with Gasteiger partial charge in [0, 0.05) is 18.3 Å². The molecule has 7 nitrogen and oxygen atoms in total. The van der Waals surface area contributed by atoms with Gasteiger partial charge in [0.1, 0.15) is 6.04 Å². The highest BCUT2D eigenvalue weighted by Gasteiger charge is 2.16. The first kappa shape index (κ1) is 9.65. The van der Waals surface area contributed by atoms with E-state index in [1.165, 1.54) is 12.0 Å². The van der Waals surface area contributed by atoms with Crippen LogP contribution in [0, 0.1) is 0 Å². The molecule has 1 rings (SSSR count). The second-order valence-corrected chi connectivity index (χ2v) is 2.40. The predicted octanol–water partition coefficient (Wildman–Crippen LogP) is -1.28. The second kappa shape index (κ2) is 4.55. The Morgan fingerprint density at radius 1 is 1.92 bits per heavy atom. The van der Waals surface area contributed by atoms with E-state index in [4.69, 9.17) is 10.9 Å². The highest BCUT2D eigenvalue weighted by atomic mass is 16.9. The molecule has 0 saturated heterocycles. The Kier molecular flexibility index (Phi) is 3.38. The molecule has 1 unspecified atom stereocenters. The maximum absolute atomic E-state index is 10.9. The van der Waals surface area contributed by atoms with E-state index in [-0.39, 0.29) is 6.42 Å². The van der Waals surface area contributed by atoms with Crippen molar-refractivity contribution in [3.05, 3.63) is 18.2 Å². The number of carbonyl (C=O) groups is 1. The average Bonchev–Trinajstić information content (AvgIpc) is 2.57. The summed E-state index contributed by atoms with van der Waals surface area (Å²) in [6.45, 7) is 0. The molecule has 1 aromatic rings. The lowest BCUT2D eigenvalue weighted by Crippen LogP contribution is -2.36. The van der Waals surface area contributed by atoms with Gasteiger partial charge in [-0.15, -0.1) is 0 Å². The molecular weight excluding hydrogens is 176 g/mol. The highest BCUT2D eigenvalue weighted by molar-refractivity contribution is 5.75. The minimum absolute atomic E-state index is 0.278. The smallest absolute Gasteiger partial charge is 0.344 e. The molecule has 0 aliphatic heterocycles. The Hall–Kier alpha value is -1.44. The number of nitrogens with zero attached hydrogens (tertiary/aromatic N) is 1. The van der Waals surface area contributed by atoms with Gasteiger partial charge in [-0.1, -0.05) is 0 Å². The van der Waals surface area contributed by atoms with Gasteiger partial charge in [0.05, 0.1) is 6.33 Å². The summed E-state index contributed by atoms with van der Waals surface area (Å²) < 4.78 is 0. The van der Waals surface area contributed by atoms with Crippen molar-refractivity contribution in [2.45, 2.75) is 12.5 Å². The summed E-state index contributed by atoms with van der Waals surface area (Å²) in [6, 6.07) is -0.833. The number of nitrogens with one attached hydrogen (secondary N) is 2. The van der Waals surface area contributed by atoms with Crippen molar-refractivity contribution in [2.24, 2.45) is 5.73 Å². The fourth-order valence-corrected chi connectivity index (χ4v) is 0.837. The van der Waals surface area contributed by atoms with Crippen LogP contribution in [0.15, 0.2) is 12.5 Å². The molecule has 0 saturated carbocycles. The molecule has 0 aliphatic carbocycles. The molecule has 0 fully saturated rings. The summed E-state index contributed by atoms with van der Waals surface area (Å²) in [6.07, 6.45) is 3.32. The van der Waals surface area contributed by atoms with E-state index >= 15 is 0 Å². The number of hydrogen-bond acceptors (Lipinski definition) is 6. The first-order valence-corrected chi connectivity index (χ1v) is 3.56. The van der Waals surface area contributed by atoms with Gasteiger partial charge < -0.3 is 15.6 Å². The lowest BCUT2D eigenvalue weighted by atomic mass is 10.2. The maximum Gasteiger partial charge on any atom is 0.344 e. The van der Waals surface area contributed by atoms with Crippen molar-refractivity contribution in [2.75, 3.05) is 0 Å². The third-order valence-electron chi connectivity index (χ3n) is 1.44. The standard InChI is InChI=1S/C6H10N4O3/c7-5(6(11)13-10-12)1-4-2-8-3-9-4/h2-3,5,10,12H,1,7H2,(H,8,9). The van der Waals surface area contributed by atoms with Crippen molar-refractivity contribution in [3.8, 4) is 0 Å². The molecule has 0 radical (unpaired) electrons. The van der Waals surface area contributed by atoms with Crippen LogP contribution < -0.4 is 11.4 Å². The van der Waals surface area contributed by atoms with Crippen molar-refractivity contribution in [1.29, 1.82) is 0 Å². The molecule has 1 atom stereocenters. The van der Waals surface area contributed by atoms with Crippen LogP contribution in [0.3, 0.4) is 0 Å². The van der Waals surface area contributed by atoms with Gasteiger partial charge in [-0.3, -0.25) is 5.21 Å². The number of nitrogens with two attached hydrogens (primary N) is 1. The maximum atomic E-state index is 10.9. The van der Waals surface area contributed by atoms with Crippen LogP contribution in [0.4, 0.5) is 0 Å². The molecule has 0 aliphatic rings. The summed E-state index contributed by atoms with van der Waals surface area (Å²) in [4.78, 5) is 21.5. The molecule has 0 bridgehead atoms. The quantitative estimate of drug-likeness (QED) is 0.435. The molecule has 7 heteroatoms. The fourth-order valence-electron chi connectivity index (χ4n) is 0.837. The normalized spacial score (nSPS) is 12.5. The van der Waals surface area contributed by atoms with Crippen LogP contribution >= 0.6 is 0 Å². The van der Waals surface area contributed by atoms with E-state index in [1.54, 1.807) is 6.20 Å². The number of rotatable bonds is 4. The largest absolute Gasteiger partial charge is 0.348 e. The Labute approximate surface area is 73.8 Å². The van der Waals surface area contributed by atoms with Crippen LogP contribution in [-0.2, 0) is 16.1 Å². The number of carbonyl (C=O) groups excluding carboxylic acids is 1. The molecule has 0 aromatic carbocycles. The zero-order valence-corrected chi connectivity index (χ0v) is 6.73. The molecule has 0 amide bonds. The number of aromatic nitrogens is 2. The van der Waals surface area contributed by atoms with Crippen LogP contribution in [0.2, 0.25) is 0 Å². The minimum atomic E-state index is -0.833. The van der Waals surface area contributed by atoms with Gasteiger partial charge in [-0.05, 0) is 5.64 Å². The SMILES string of the molecule is NC(Cc1cnc[nH]1)C(=O)ONO. The molecule has 5 N–H and O–H groups in total. The Morgan fingerprint density at radius 2 is 2.69 bits per heavy atom. The topological polar surface area (TPSA) is 113 Å². The average molecular weight is 186 g/mol. The van der Waals surface area contributed by atoms with Gasteiger partial charge in [0.15, 0.2) is 0 Å². The van der Waals surface area contributed by atoms with Crippen molar-refractivity contribution in [3.63, 3.8) is 0 Å². The van der Waals surface area contributed by atoms with E-state index < -0.39 is 12.0 Å². The summed E-state index contributed by atoms with van der Waals surface area (Å²) in [5.74, 6) is -0.739. The van der Waals surface area contributed by atoms with E-state index in [0.717, 1.165) is 5.69 Å². The second-order valence-electron chi connectivity index (χ2n) is 2.40. The Bertz CT molecular complexity index is 261. The van der Waals surface area contributed by atoms with Crippen LogP contribution in [0.1, 0.15) is 5.69 Å². The van der Waals surface area contributed by atoms with E-state index in [2.05, 4.69) is 14.8 Å². The lowest BCUT2D eigenvalue weighted by Gasteiger charge is -2.07. The summed E-state index contributed by atoms with van der Waals surface area (Å²) >= 11 is 0. The number of imidazole rings is 1.